The summed E-state index contributed by atoms with van der Waals surface area (Å²) in [4.78, 5) is 18.5. The number of likely N-dealkylation sites (tertiary alicyclic amines) is 2. The topological polar surface area (TPSA) is 174 Å². The zero-order valence-corrected chi connectivity index (χ0v) is 38.5. The molecule has 10 rings (SSSR count). The van der Waals surface area contributed by atoms with Crippen molar-refractivity contribution in [1.82, 2.24) is 49.3 Å². The van der Waals surface area contributed by atoms with Gasteiger partial charge in [0.25, 0.3) is 0 Å². The molecule has 4 aliphatic rings. The van der Waals surface area contributed by atoms with Crippen LogP contribution in [0.5, 0.6) is 0 Å². The van der Waals surface area contributed by atoms with E-state index >= 15 is 0 Å². The molecular weight excluding hydrogens is 845 g/mol. The van der Waals surface area contributed by atoms with Crippen LogP contribution in [-0.2, 0) is 14.1 Å². The number of hydrogen-bond acceptors (Lipinski definition) is 16. The van der Waals surface area contributed by atoms with E-state index in [1.165, 1.54) is 50.1 Å². The van der Waals surface area contributed by atoms with Crippen LogP contribution in [0.2, 0.25) is 0 Å². The second kappa shape index (κ2) is 19.6. The summed E-state index contributed by atoms with van der Waals surface area (Å²) in [5.74, 6) is 6.24. The highest BCUT2D eigenvalue weighted by Gasteiger charge is 2.42. The summed E-state index contributed by atoms with van der Waals surface area (Å²) >= 11 is 3.47. The van der Waals surface area contributed by atoms with Gasteiger partial charge in [0.15, 0.2) is 34.6 Å². The molecule has 6 aromatic rings. The first kappa shape index (κ1) is 43.6. The van der Waals surface area contributed by atoms with E-state index in [9.17, 15) is 10.5 Å². The molecule has 0 aliphatic carbocycles. The van der Waals surface area contributed by atoms with E-state index in [2.05, 4.69) is 74.2 Å². The van der Waals surface area contributed by atoms with Crippen LogP contribution in [0.1, 0.15) is 48.2 Å². The molecule has 4 saturated heterocycles. The van der Waals surface area contributed by atoms with Gasteiger partial charge in [-0.2, -0.15) is 10.5 Å². The van der Waals surface area contributed by atoms with E-state index < -0.39 is 0 Å². The van der Waals surface area contributed by atoms with Crippen LogP contribution in [0.15, 0.2) is 80.5 Å². The molecule has 332 valence electrons. The van der Waals surface area contributed by atoms with Gasteiger partial charge in [0.2, 0.25) is 11.6 Å². The second-order valence-corrected chi connectivity index (χ2v) is 19.3. The van der Waals surface area contributed by atoms with Crippen molar-refractivity contribution in [2.45, 2.75) is 61.9 Å². The third-order valence-electron chi connectivity index (χ3n) is 13.1. The maximum absolute atomic E-state index is 9.22. The van der Waals surface area contributed by atoms with Gasteiger partial charge in [-0.3, -0.25) is 0 Å². The minimum absolute atomic E-state index is 0.558. The fraction of sp³-hybridized carbons (Fsp3) is 0.478. The first-order valence-corrected chi connectivity index (χ1v) is 24.1. The first-order chi connectivity index (χ1) is 31.3. The third-order valence-corrected chi connectivity index (χ3v) is 15.3. The van der Waals surface area contributed by atoms with E-state index in [4.69, 9.17) is 8.83 Å². The van der Waals surface area contributed by atoms with Gasteiger partial charge in [0, 0.05) is 88.3 Å². The van der Waals surface area contributed by atoms with Crippen molar-refractivity contribution in [2.24, 2.45) is 25.9 Å². The average Bonchev–Trinajstić information content (AvgIpc) is 4.18. The normalized spacial score (nSPS) is 20.6. The minimum atomic E-state index is 0.558. The highest BCUT2D eigenvalue weighted by atomic mass is 32.2. The average molecular weight is 899 g/mol. The SMILES string of the molecule is Cc1ncoc1-c1nnc(SCCCN2C[C@@H]3CCN(c4cccc(C#N)c4)[C@@H]3C2)n1C.Cc1ncoc1-c1nnc(SCCCN2C[C@H]3CCN(c4cccc(C#N)c4)[C@H]3C2)n1C. The Labute approximate surface area is 382 Å². The van der Waals surface area contributed by atoms with Crippen LogP contribution >= 0.6 is 23.5 Å². The third kappa shape index (κ3) is 9.28. The number of nitriles is 2. The van der Waals surface area contributed by atoms with Gasteiger partial charge in [-0.15, -0.1) is 20.4 Å². The summed E-state index contributed by atoms with van der Waals surface area (Å²) in [5, 5.41) is 37.5. The Morgan fingerprint density at radius 3 is 1.50 bits per heavy atom. The minimum Gasteiger partial charge on any atom is -0.440 e. The zero-order valence-electron chi connectivity index (χ0n) is 36.9. The predicted molar refractivity (Wildman–Crippen MR) is 247 cm³/mol. The Balaban J connectivity index is 0.000000162. The first-order valence-electron chi connectivity index (χ1n) is 22.1. The lowest BCUT2D eigenvalue weighted by atomic mass is 10.0. The van der Waals surface area contributed by atoms with Crippen LogP contribution in [0.3, 0.4) is 0 Å². The lowest BCUT2D eigenvalue weighted by Gasteiger charge is -2.27. The van der Waals surface area contributed by atoms with Crippen molar-refractivity contribution in [3.63, 3.8) is 0 Å². The number of anilines is 2. The van der Waals surface area contributed by atoms with Gasteiger partial charge in [0.05, 0.1) is 34.7 Å². The Morgan fingerprint density at radius 1 is 0.641 bits per heavy atom. The number of aryl methyl sites for hydroxylation is 2. The van der Waals surface area contributed by atoms with Crippen LogP contribution in [0.4, 0.5) is 11.4 Å². The molecular formula is C46H54N14O2S2. The number of fused-ring (bicyclic) bond motifs is 2. The van der Waals surface area contributed by atoms with Crippen molar-refractivity contribution in [1.29, 1.82) is 10.5 Å². The Hall–Kier alpha value is -5.66. The van der Waals surface area contributed by atoms with Crippen LogP contribution in [0, 0.1) is 48.3 Å². The molecule has 2 aromatic carbocycles. The van der Waals surface area contributed by atoms with E-state index in [-0.39, 0.29) is 0 Å². The number of rotatable bonds is 14. The van der Waals surface area contributed by atoms with E-state index in [0.29, 0.717) is 23.6 Å². The predicted octanol–water partition coefficient (Wildman–Crippen LogP) is 6.69. The number of oxazole rings is 2. The van der Waals surface area contributed by atoms with E-state index in [1.54, 1.807) is 23.5 Å². The molecule has 4 aliphatic heterocycles. The van der Waals surface area contributed by atoms with Crippen molar-refractivity contribution in [3.05, 3.63) is 83.8 Å². The molecule has 0 spiro atoms. The van der Waals surface area contributed by atoms with Crippen molar-refractivity contribution >= 4 is 34.9 Å². The molecule has 4 atom stereocenters. The molecule has 16 nitrogen and oxygen atoms in total. The molecule has 0 amide bonds. The number of nitrogens with zero attached hydrogens (tertiary/aromatic N) is 14. The van der Waals surface area contributed by atoms with Crippen molar-refractivity contribution in [2.75, 3.05) is 73.7 Å². The van der Waals surface area contributed by atoms with Crippen LogP contribution < -0.4 is 9.80 Å². The molecule has 4 fully saturated rings. The smallest absolute Gasteiger partial charge is 0.202 e. The Kier molecular flexibility index (Phi) is 13.4. The monoisotopic (exact) mass is 898 g/mol. The Bertz CT molecular complexity index is 2450. The molecule has 4 aromatic heterocycles. The van der Waals surface area contributed by atoms with Gasteiger partial charge in [-0.1, -0.05) is 35.7 Å². The van der Waals surface area contributed by atoms with Gasteiger partial charge in [-0.05, 0) is 101 Å². The van der Waals surface area contributed by atoms with Gasteiger partial charge in [0.1, 0.15) is 0 Å². The molecule has 0 N–H and O–H groups in total. The quantitative estimate of drug-likeness (QED) is 0.0835. The second-order valence-electron chi connectivity index (χ2n) is 17.1. The van der Waals surface area contributed by atoms with E-state index in [0.717, 1.165) is 120 Å². The molecule has 64 heavy (non-hydrogen) atoms. The van der Waals surface area contributed by atoms with Crippen molar-refractivity contribution < 1.29 is 8.83 Å². The van der Waals surface area contributed by atoms with Crippen molar-refractivity contribution in [3.8, 4) is 35.3 Å². The maximum Gasteiger partial charge on any atom is 0.202 e. The van der Waals surface area contributed by atoms with Gasteiger partial charge in [-0.25, -0.2) is 9.97 Å². The Morgan fingerprint density at radius 2 is 1.09 bits per heavy atom. The lowest BCUT2D eigenvalue weighted by Crippen LogP contribution is -2.35. The molecule has 8 heterocycles. The fourth-order valence-electron chi connectivity index (χ4n) is 9.83. The summed E-state index contributed by atoms with van der Waals surface area (Å²) < 4.78 is 14.9. The number of thioether (sulfide) groups is 2. The largest absolute Gasteiger partial charge is 0.440 e. The summed E-state index contributed by atoms with van der Waals surface area (Å²) in [6, 6.07) is 21.7. The van der Waals surface area contributed by atoms with Gasteiger partial charge < -0.3 is 37.6 Å². The molecule has 0 radical (unpaired) electrons. The summed E-state index contributed by atoms with van der Waals surface area (Å²) in [6.45, 7) is 12.7. The summed E-state index contributed by atoms with van der Waals surface area (Å²) in [5.41, 5.74) is 5.50. The maximum atomic E-state index is 9.22. The van der Waals surface area contributed by atoms with Gasteiger partial charge >= 0.3 is 0 Å². The summed E-state index contributed by atoms with van der Waals surface area (Å²) in [6.07, 6.45) is 7.57. The molecule has 0 saturated carbocycles. The molecule has 18 heteroatoms. The summed E-state index contributed by atoms with van der Waals surface area (Å²) in [7, 11) is 3.94. The number of aromatic nitrogens is 8. The zero-order chi connectivity index (χ0) is 44.2. The lowest BCUT2D eigenvalue weighted by molar-refractivity contribution is 0.319. The van der Waals surface area contributed by atoms with Crippen LogP contribution in [-0.4, -0.2) is 125 Å². The molecule has 0 unspecified atom stereocenters. The number of hydrogen-bond donors (Lipinski definition) is 0. The fourth-order valence-corrected chi connectivity index (χ4v) is 11.5. The number of benzene rings is 2. The standard InChI is InChI=1S/2C23H27N7OS/c2*1-16-21(31-15-25-16)22-26-27-23(28(22)2)32-10-4-8-29-13-18-7-9-30(20(18)14-29)19-6-3-5-17(11-19)12-24/h2*3,5-6,11,15,18,20H,4,7-10,13-14H2,1-2H3/t2*18-,20+/m10/s1. The highest BCUT2D eigenvalue weighted by Crippen LogP contribution is 2.37. The highest BCUT2D eigenvalue weighted by molar-refractivity contribution is 7.99. The van der Waals surface area contributed by atoms with Crippen LogP contribution in [0.25, 0.3) is 23.2 Å². The van der Waals surface area contributed by atoms with E-state index in [1.807, 2.05) is 73.5 Å². The molecule has 0 bridgehead atoms.